The number of hydrogen-bond acceptors (Lipinski definition) is 4. The number of anilines is 1. The van der Waals surface area contributed by atoms with Gasteiger partial charge in [0.1, 0.15) is 5.75 Å². The number of amides is 2. The third kappa shape index (κ3) is 5.54. The molecule has 2 amide bonds. The normalized spacial score (nSPS) is 13.9. The molecule has 0 aromatic heterocycles. The molecule has 1 N–H and O–H groups in total. The van der Waals surface area contributed by atoms with Gasteiger partial charge in [0.2, 0.25) is 0 Å². The SMILES string of the molecule is O=C(COc1ccc(Br)cc1Br)Nc1cccc(C(=O)N2CCOCC2)c1. The molecule has 2 aromatic carbocycles. The summed E-state index contributed by atoms with van der Waals surface area (Å²) in [6, 6.07) is 12.3. The van der Waals surface area contributed by atoms with Gasteiger partial charge in [-0.2, -0.15) is 0 Å². The molecule has 0 bridgehead atoms. The lowest BCUT2D eigenvalue weighted by Gasteiger charge is -2.27. The van der Waals surface area contributed by atoms with E-state index in [0.717, 1.165) is 8.95 Å². The first-order valence-corrected chi connectivity index (χ1v) is 9.96. The number of ether oxygens (including phenoxy) is 2. The van der Waals surface area contributed by atoms with Crippen molar-refractivity contribution in [3.8, 4) is 5.75 Å². The summed E-state index contributed by atoms with van der Waals surface area (Å²) in [5.74, 6) is 0.204. The minimum absolute atomic E-state index is 0.0653. The van der Waals surface area contributed by atoms with Crippen molar-refractivity contribution in [3.63, 3.8) is 0 Å². The van der Waals surface area contributed by atoms with Crippen molar-refractivity contribution in [2.24, 2.45) is 0 Å². The van der Waals surface area contributed by atoms with E-state index >= 15 is 0 Å². The van der Waals surface area contributed by atoms with Crippen LogP contribution in [0.25, 0.3) is 0 Å². The van der Waals surface area contributed by atoms with Crippen LogP contribution in [0.2, 0.25) is 0 Å². The summed E-state index contributed by atoms with van der Waals surface area (Å²) in [5.41, 5.74) is 1.09. The Kier molecular flexibility index (Phi) is 6.87. The molecule has 1 aliphatic rings. The first kappa shape index (κ1) is 19.9. The van der Waals surface area contributed by atoms with Crippen LogP contribution in [0, 0.1) is 0 Å². The molecule has 0 saturated carbocycles. The maximum absolute atomic E-state index is 12.5. The summed E-state index contributed by atoms with van der Waals surface area (Å²) < 4.78 is 12.5. The van der Waals surface area contributed by atoms with Crippen molar-refractivity contribution in [1.82, 2.24) is 4.90 Å². The van der Waals surface area contributed by atoms with Gasteiger partial charge < -0.3 is 19.7 Å². The lowest BCUT2D eigenvalue weighted by molar-refractivity contribution is -0.118. The molecule has 0 atom stereocenters. The second-order valence-corrected chi connectivity index (χ2v) is 7.67. The molecule has 0 spiro atoms. The maximum atomic E-state index is 12.5. The highest BCUT2D eigenvalue weighted by molar-refractivity contribution is 9.11. The summed E-state index contributed by atoms with van der Waals surface area (Å²) in [4.78, 5) is 26.5. The number of benzene rings is 2. The third-order valence-corrected chi connectivity index (χ3v) is 5.06. The summed E-state index contributed by atoms with van der Waals surface area (Å²) in [7, 11) is 0. The topological polar surface area (TPSA) is 67.9 Å². The Labute approximate surface area is 174 Å². The van der Waals surface area contributed by atoms with Gasteiger partial charge in [0.25, 0.3) is 11.8 Å². The maximum Gasteiger partial charge on any atom is 0.262 e. The standard InChI is InChI=1S/C19H18Br2N2O4/c20-14-4-5-17(16(21)11-14)27-12-18(24)22-15-3-1-2-13(10-15)19(25)23-6-8-26-9-7-23/h1-5,10-11H,6-9,12H2,(H,22,24). The van der Waals surface area contributed by atoms with Gasteiger partial charge >= 0.3 is 0 Å². The zero-order valence-electron chi connectivity index (χ0n) is 14.4. The van der Waals surface area contributed by atoms with Crippen molar-refractivity contribution in [1.29, 1.82) is 0 Å². The zero-order valence-corrected chi connectivity index (χ0v) is 17.6. The lowest BCUT2D eigenvalue weighted by atomic mass is 10.1. The smallest absolute Gasteiger partial charge is 0.262 e. The van der Waals surface area contributed by atoms with Crippen molar-refractivity contribution >= 4 is 49.4 Å². The van der Waals surface area contributed by atoms with Gasteiger partial charge in [-0.25, -0.2) is 0 Å². The molecule has 1 fully saturated rings. The molecule has 8 heteroatoms. The van der Waals surface area contributed by atoms with Crippen molar-refractivity contribution < 1.29 is 19.1 Å². The molecule has 3 rings (SSSR count). The first-order chi connectivity index (χ1) is 13.0. The van der Waals surface area contributed by atoms with Crippen LogP contribution in [0.3, 0.4) is 0 Å². The Morgan fingerprint density at radius 1 is 1.11 bits per heavy atom. The Morgan fingerprint density at radius 3 is 2.63 bits per heavy atom. The van der Waals surface area contributed by atoms with E-state index in [1.807, 2.05) is 12.1 Å². The van der Waals surface area contributed by atoms with E-state index in [1.165, 1.54) is 0 Å². The minimum Gasteiger partial charge on any atom is -0.483 e. The van der Waals surface area contributed by atoms with Crippen LogP contribution >= 0.6 is 31.9 Å². The molecular weight excluding hydrogens is 480 g/mol. The molecule has 2 aromatic rings. The number of rotatable bonds is 5. The van der Waals surface area contributed by atoms with E-state index in [9.17, 15) is 9.59 Å². The Hall–Kier alpha value is -1.90. The minimum atomic E-state index is -0.305. The van der Waals surface area contributed by atoms with E-state index in [4.69, 9.17) is 9.47 Å². The Bertz CT molecular complexity index is 838. The third-order valence-electron chi connectivity index (χ3n) is 3.94. The first-order valence-electron chi connectivity index (χ1n) is 8.38. The van der Waals surface area contributed by atoms with Gasteiger partial charge in [0, 0.05) is 28.8 Å². The van der Waals surface area contributed by atoms with Crippen LogP contribution in [0.5, 0.6) is 5.75 Å². The Balaban J connectivity index is 1.58. The highest BCUT2D eigenvalue weighted by Crippen LogP contribution is 2.28. The van der Waals surface area contributed by atoms with Crippen LogP contribution in [0.15, 0.2) is 51.4 Å². The predicted molar refractivity (Wildman–Crippen MR) is 109 cm³/mol. The molecule has 27 heavy (non-hydrogen) atoms. The Morgan fingerprint density at radius 2 is 1.89 bits per heavy atom. The van der Waals surface area contributed by atoms with Gasteiger partial charge in [0.15, 0.2) is 6.61 Å². The van der Waals surface area contributed by atoms with Gasteiger partial charge in [-0.1, -0.05) is 22.0 Å². The molecule has 0 radical (unpaired) electrons. The molecule has 1 saturated heterocycles. The summed E-state index contributed by atoms with van der Waals surface area (Å²) >= 11 is 6.75. The molecular formula is C19H18Br2N2O4. The number of nitrogens with one attached hydrogen (secondary N) is 1. The number of carbonyl (C=O) groups excluding carboxylic acids is 2. The van der Waals surface area contributed by atoms with Gasteiger partial charge in [-0.15, -0.1) is 0 Å². The highest BCUT2D eigenvalue weighted by Gasteiger charge is 2.18. The number of hydrogen-bond donors (Lipinski definition) is 1. The quantitative estimate of drug-likeness (QED) is 0.683. The van der Waals surface area contributed by atoms with E-state index in [0.29, 0.717) is 43.3 Å². The predicted octanol–water partition coefficient (Wildman–Crippen LogP) is 3.70. The van der Waals surface area contributed by atoms with E-state index < -0.39 is 0 Å². The lowest BCUT2D eigenvalue weighted by Crippen LogP contribution is -2.40. The van der Waals surface area contributed by atoms with E-state index in [1.54, 1.807) is 35.2 Å². The second-order valence-electron chi connectivity index (χ2n) is 5.90. The summed E-state index contributed by atoms with van der Waals surface area (Å²) in [6.45, 7) is 2.11. The van der Waals surface area contributed by atoms with Gasteiger partial charge in [0.05, 0.1) is 17.7 Å². The van der Waals surface area contributed by atoms with Crippen LogP contribution in [-0.2, 0) is 9.53 Å². The molecule has 142 valence electrons. The highest BCUT2D eigenvalue weighted by atomic mass is 79.9. The molecule has 1 heterocycles. The fraction of sp³-hybridized carbons (Fsp3) is 0.263. The number of nitrogens with zero attached hydrogens (tertiary/aromatic N) is 1. The largest absolute Gasteiger partial charge is 0.483 e. The van der Waals surface area contributed by atoms with Crippen LogP contribution in [-0.4, -0.2) is 49.6 Å². The summed E-state index contributed by atoms with van der Waals surface area (Å²) in [5, 5.41) is 2.76. The number of carbonyl (C=O) groups is 2. The van der Waals surface area contributed by atoms with E-state index in [2.05, 4.69) is 37.2 Å². The van der Waals surface area contributed by atoms with Gasteiger partial charge in [-0.3, -0.25) is 9.59 Å². The zero-order chi connectivity index (χ0) is 19.2. The van der Waals surface area contributed by atoms with Crippen molar-refractivity contribution in [2.45, 2.75) is 0 Å². The molecule has 0 unspecified atom stereocenters. The monoisotopic (exact) mass is 496 g/mol. The van der Waals surface area contributed by atoms with Crippen molar-refractivity contribution in [3.05, 3.63) is 57.0 Å². The molecule has 6 nitrogen and oxygen atoms in total. The second kappa shape index (κ2) is 9.34. The average Bonchev–Trinajstić information content (AvgIpc) is 2.67. The van der Waals surface area contributed by atoms with Gasteiger partial charge in [-0.05, 0) is 52.3 Å². The van der Waals surface area contributed by atoms with Crippen LogP contribution in [0.1, 0.15) is 10.4 Å². The molecule has 1 aliphatic heterocycles. The van der Waals surface area contributed by atoms with Crippen LogP contribution in [0.4, 0.5) is 5.69 Å². The fourth-order valence-corrected chi connectivity index (χ4v) is 3.77. The fourth-order valence-electron chi connectivity index (χ4n) is 2.61. The van der Waals surface area contributed by atoms with Crippen molar-refractivity contribution in [2.75, 3.05) is 38.2 Å². The summed E-state index contributed by atoms with van der Waals surface area (Å²) in [6.07, 6.45) is 0. The van der Waals surface area contributed by atoms with Crippen LogP contribution < -0.4 is 10.1 Å². The average molecular weight is 498 g/mol. The number of halogens is 2. The van der Waals surface area contributed by atoms with E-state index in [-0.39, 0.29) is 18.4 Å². The number of morpholine rings is 1. The molecule has 0 aliphatic carbocycles.